The quantitative estimate of drug-likeness (QED) is 0.457. The Bertz CT molecular complexity index is 1150. The van der Waals surface area contributed by atoms with Crippen molar-refractivity contribution in [2.24, 2.45) is 5.92 Å². The SMILES string of the molecule is CCc1ccc(C2NC(=S)N(CC(C)C)C(C)=C2c2nc(-c3ccc(OC)cc3)no2)cc1. The maximum Gasteiger partial charge on any atom is 0.258 e. The second kappa shape index (κ2) is 9.75. The first kappa shape index (κ1) is 23.0. The number of rotatable bonds is 7. The highest BCUT2D eigenvalue weighted by Crippen LogP contribution is 2.37. The summed E-state index contributed by atoms with van der Waals surface area (Å²) in [4.78, 5) is 6.90. The predicted molar refractivity (Wildman–Crippen MR) is 135 cm³/mol. The number of methoxy groups -OCH3 is 1. The number of thiocarbonyl (C=S) groups is 1. The van der Waals surface area contributed by atoms with Crippen LogP contribution in [0.25, 0.3) is 17.0 Å². The summed E-state index contributed by atoms with van der Waals surface area (Å²) < 4.78 is 11.1. The lowest BCUT2D eigenvalue weighted by Gasteiger charge is -2.38. The summed E-state index contributed by atoms with van der Waals surface area (Å²) in [5, 5.41) is 8.51. The van der Waals surface area contributed by atoms with E-state index in [9.17, 15) is 0 Å². The van der Waals surface area contributed by atoms with Crippen LogP contribution in [0.3, 0.4) is 0 Å². The van der Waals surface area contributed by atoms with Gasteiger partial charge in [-0.05, 0) is 66.9 Å². The molecule has 0 spiro atoms. The van der Waals surface area contributed by atoms with E-state index in [0.717, 1.165) is 41.1 Å². The van der Waals surface area contributed by atoms with E-state index < -0.39 is 0 Å². The van der Waals surface area contributed by atoms with E-state index in [1.807, 2.05) is 24.3 Å². The largest absolute Gasteiger partial charge is 0.497 e. The van der Waals surface area contributed by atoms with Gasteiger partial charge in [0.15, 0.2) is 5.11 Å². The molecule has 1 aliphatic rings. The second-order valence-corrected chi connectivity index (χ2v) is 9.02. The molecule has 0 fully saturated rings. The van der Waals surface area contributed by atoms with E-state index in [1.54, 1.807) is 7.11 Å². The van der Waals surface area contributed by atoms with E-state index in [-0.39, 0.29) is 6.04 Å². The zero-order valence-corrected chi connectivity index (χ0v) is 20.6. The van der Waals surface area contributed by atoms with Gasteiger partial charge in [0.2, 0.25) is 5.82 Å². The Kier molecular flexibility index (Phi) is 6.79. The Labute approximate surface area is 200 Å². The van der Waals surface area contributed by atoms with E-state index in [1.165, 1.54) is 5.56 Å². The minimum atomic E-state index is -0.170. The minimum Gasteiger partial charge on any atom is -0.497 e. The van der Waals surface area contributed by atoms with Crippen LogP contribution < -0.4 is 10.1 Å². The lowest BCUT2D eigenvalue weighted by Crippen LogP contribution is -2.47. The number of nitrogens with zero attached hydrogens (tertiary/aromatic N) is 3. The summed E-state index contributed by atoms with van der Waals surface area (Å²) in [6, 6.07) is 16.1. The molecule has 1 unspecified atom stereocenters. The second-order valence-electron chi connectivity index (χ2n) is 8.63. The Morgan fingerprint density at radius 2 is 1.82 bits per heavy atom. The Morgan fingerprint density at radius 1 is 1.12 bits per heavy atom. The summed E-state index contributed by atoms with van der Waals surface area (Å²) in [5.74, 6) is 2.26. The summed E-state index contributed by atoms with van der Waals surface area (Å²) in [6.45, 7) is 9.40. The first-order valence-electron chi connectivity index (χ1n) is 11.3. The van der Waals surface area contributed by atoms with Gasteiger partial charge in [0.1, 0.15) is 5.75 Å². The molecule has 0 bridgehead atoms. The smallest absolute Gasteiger partial charge is 0.258 e. The molecule has 1 aromatic heterocycles. The number of aryl methyl sites for hydroxylation is 1. The standard InChI is InChI=1S/C26H30N4O2S/c1-6-18-7-9-19(10-8-18)23-22(17(4)30(15-16(2)3)26(33)27-23)25-28-24(29-32-25)20-11-13-21(31-5)14-12-20/h7-14,16,23H,6,15H2,1-5H3,(H,27,33). The fraction of sp³-hybridized carbons (Fsp3) is 0.346. The molecule has 2 aromatic carbocycles. The average molecular weight is 463 g/mol. The molecule has 0 aliphatic carbocycles. The first-order chi connectivity index (χ1) is 15.9. The molecule has 172 valence electrons. The molecule has 0 saturated carbocycles. The molecule has 1 atom stereocenters. The van der Waals surface area contributed by atoms with Crippen LogP contribution in [0.4, 0.5) is 0 Å². The predicted octanol–water partition coefficient (Wildman–Crippen LogP) is 5.63. The third kappa shape index (κ3) is 4.78. The van der Waals surface area contributed by atoms with Crippen LogP contribution in [-0.4, -0.2) is 33.8 Å². The summed E-state index contributed by atoms with van der Waals surface area (Å²) in [7, 11) is 1.65. The van der Waals surface area contributed by atoms with Crippen LogP contribution in [0.15, 0.2) is 58.8 Å². The van der Waals surface area contributed by atoms with E-state index >= 15 is 0 Å². The van der Waals surface area contributed by atoms with Crippen LogP contribution in [-0.2, 0) is 6.42 Å². The average Bonchev–Trinajstić information content (AvgIpc) is 3.31. The fourth-order valence-corrected chi connectivity index (χ4v) is 4.36. The molecule has 33 heavy (non-hydrogen) atoms. The number of ether oxygens (including phenoxy) is 1. The van der Waals surface area contributed by atoms with Crippen molar-refractivity contribution in [3.05, 3.63) is 71.2 Å². The van der Waals surface area contributed by atoms with Crippen molar-refractivity contribution in [1.82, 2.24) is 20.4 Å². The van der Waals surface area contributed by atoms with Crippen LogP contribution in [0.1, 0.15) is 50.8 Å². The molecule has 2 heterocycles. The summed E-state index contributed by atoms with van der Waals surface area (Å²) >= 11 is 5.76. The Morgan fingerprint density at radius 3 is 2.42 bits per heavy atom. The molecular formula is C26H30N4O2S. The highest BCUT2D eigenvalue weighted by molar-refractivity contribution is 7.80. The van der Waals surface area contributed by atoms with Crippen LogP contribution in [0.2, 0.25) is 0 Å². The monoisotopic (exact) mass is 462 g/mol. The van der Waals surface area contributed by atoms with Gasteiger partial charge in [-0.3, -0.25) is 0 Å². The lowest BCUT2D eigenvalue weighted by molar-refractivity contribution is 0.386. The van der Waals surface area contributed by atoms with Crippen molar-refractivity contribution in [3.8, 4) is 17.1 Å². The van der Waals surface area contributed by atoms with Gasteiger partial charge in [0, 0.05) is 17.8 Å². The Hall–Kier alpha value is -3.19. The molecule has 1 aliphatic heterocycles. The van der Waals surface area contributed by atoms with Gasteiger partial charge < -0.3 is 19.5 Å². The number of benzene rings is 2. The zero-order valence-electron chi connectivity index (χ0n) is 19.8. The van der Waals surface area contributed by atoms with Crippen LogP contribution >= 0.6 is 12.2 Å². The number of hydrogen-bond acceptors (Lipinski definition) is 5. The van der Waals surface area contributed by atoms with Crippen LogP contribution in [0.5, 0.6) is 5.75 Å². The normalized spacial score (nSPS) is 16.4. The minimum absolute atomic E-state index is 0.170. The number of hydrogen-bond donors (Lipinski definition) is 1. The topological polar surface area (TPSA) is 63.4 Å². The number of allylic oxidation sites excluding steroid dienone is 1. The fourth-order valence-electron chi connectivity index (χ4n) is 4.03. The van der Waals surface area contributed by atoms with Crippen LogP contribution in [0, 0.1) is 5.92 Å². The highest BCUT2D eigenvalue weighted by atomic mass is 32.1. The third-order valence-electron chi connectivity index (χ3n) is 5.87. The van der Waals surface area contributed by atoms with Gasteiger partial charge in [-0.25, -0.2) is 0 Å². The molecule has 0 amide bonds. The van der Waals surface area contributed by atoms with Crippen molar-refractivity contribution in [3.63, 3.8) is 0 Å². The maximum absolute atomic E-state index is 5.81. The third-order valence-corrected chi connectivity index (χ3v) is 6.21. The van der Waals surface area contributed by atoms with E-state index in [0.29, 0.717) is 22.7 Å². The zero-order chi connectivity index (χ0) is 23.5. The number of nitrogens with one attached hydrogen (secondary N) is 1. The maximum atomic E-state index is 5.81. The van der Waals surface area contributed by atoms with Crippen molar-refractivity contribution < 1.29 is 9.26 Å². The summed E-state index contributed by atoms with van der Waals surface area (Å²) in [5.41, 5.74) is 5.24. The molecule has 7 heteroatoms. The molecule has 3 aromatic rings. The van der Waals surface area contributed by atoms with Gasteiger partial charge in [-0.1, -0.05) is 50.2 Å². The van der Waals surface area contributed by atoms with Gasteiger partial charge in [0.05, 0.1) is 18.7 Å². The van der Waals surface area contributed by atoms with Gasteiger partial charge >= 0.3 is 0 Å². The molecule has 1 N–H and O–H groups in total. The number of aromatic nitrogens is 2. The first-order valence-corrected chi connectivity index (χ1v) is 11.7. The molecular weight excluding hydrogens is 432 g/mol. The van der Waals surface area contributed by atoms with E-state index in [4.69, 9.17) is 26.5 Å². The lowest BCUT2D eigenvalue weighted by atomic mass is 9.93. The van der Waals surface area contributed by atoms with E-state index in [2.05, 4.69) is 67.3 Å². The Balaban J connectivity index is 1.77. The van der Waals surface area contributed by atoms with Gasteiger partial charge in [-0.2, -0.15) is 4.98 Å². The molecule has 0 saturated heterocycles. The van der Waals surface area contributed by atoms with Gasteiger partial charge in [-0.15, -0.1) is 0 Å². The molecule has 4 rings (SSSR count). The van der Waals surface area contributed by atoms with Crippen molar-refractivity contribution >= 4 is 22.9 Å². The molecule has 6 nitrogen and oxygen atoms in total. The molecule has 0 radical (unpaired) electrons. The highest BCUT2D eigenvalue weighted by Gasteiger charge is 2.34. The van der Waals surface area contributed by atoms with Crippen molar-refractivity contribution in [2.45, 2.75) is 40.2 Å². The van der Waals surface area contributed by atoms with Crippen molar-refractivity contribution in [2.75, 3.05) is 13.7 Å². The van der Waals surface area contributed by atoms with Crippen molar-refractivity contribution in [1.29, 1.82) is 0 Å². The summed E-state index contributed by atoms with van der Waals surface area (Å²) in [6.07, 6.45) is 0.996. The van der Waals surface area contributed by atoms with Gasteiger partial charge in [0.25, 0.3) is 5.89 Å².